The molecule has 4 rings (SSSR count). The van der Waals surface area contributed by atoms with Gasteiger partial charge < -0.3 is 10.1 Å². The zero-order chi connectivity index (χ0) is 20.9. The molecule has 0 aliphatic heterocycles. The van der Waals surface area contributed by atoms with Crippen LogP contribution in [-0.2, 0) is 0 Å². The van der Waals surface area contributed by atoms with Crippen LogP contribution < -0.4 is 10.1 Å². The van der Waals surface area contributed by atoms with Crippen LogP contribution in [0.1, 0.15) is 0 Å². The summed E-state index contributed by atoms with van der Waals surface area (Å²) in [7, 11) is 0. The van der Waals surface area contributed by atoms with Gasteiger partial charge in [-0.2, -0.15) is 9.78 Å². The predicted octanol–water partition coefficient (Wildman–Crippen LogP) is 6.80. The molecule has 0 fully saturated rings. The molecule has 0 unspecified atom stereocenters. The summed E-state index contributed by atoms with van der Waals surface area (Å²) in [5.41, 5.74) is 2.25. The fraction of sp³-hybridized carbons (Fsp3) is 0.0435. The van der Waals surface area contributed by atoms with E-state index in [1.807, 2.05) is 66.9 Å². The highest BCUT2D eigenvalue weighted by molar-refractivity contribution is 7.98. The van der Waals surface area contributed by atoms with E-state index in [0.717, 1.165) is 22.1 Å². The van der Waals surface area contributed by atoms with Crippen LogP contribution in [-0.4, -0.2) is 22.1 Å². The van der Waals surface area contributed by atoms with Crippen LogP contribution in [0.4, 0.5) is 10.5 Å². The van der Waals surface area contributed by atoms with Crippen molar-refractivity contribution in [3.63, 3.8) is 0 Å². The number of aromatic nitrogens is 2. The number of rotatable bonds is 5. The summed E-state index contributed by atoms with van der Waals surface area (Å²) in [6.45, 7) is 0. The molecule has 0 radical (unpaired) electrons. The van der Waals surface area contributed by atoms with Gasteiger partial charge in [0.25, 0.3) is 0 Å². The summed E-state index contributed by atoms with van der Waals surface area (Å²) in [6.07, 6.45) is 1.91. The third-order valence-corrected chi connectivity index (χ3v) is 5.26. The Morgan fingerprint density at radius 3 is 2.30 bits per heavy atom. The Hall–Kier alpha value is -3.22. The lowest BCUT2D eigenvalue weighted by Crippen LogP contribution is -2.21. The molecular weight excluding hydrogens is 418 g/mol. The van der Waals surface area contributed by atoms with Gasteiger partial charge in [0.15, 0.2) is 0 Å². The molecule has 30 heavy (non-hydrogen) atoms. The lowest BCUT2D eigenvalue weighted by molar-refractivity contribution is 0.249. The number of anilines is 1. The zero-order valence-corrected chi connectivity index (χ0v) is 17.7. The molecule has 0 atom stereocenters. The number of amides is 1. The van der Waals surface area contributed by atoms with E-state index in [9.17, 15) is 4.79 Å². The van der Waals surface area contributed by atoms with Crippen molar-refractivity contribution in [1.29, 1.82) is 0 Å². The normalized spacial score (nSPS) is 10.6. The van der Waals surface area contributed by atoms with Gasteiger partial charge in [-0.3, -0.25) is 0 Å². The van der Waals surface area contributed by atoms with Crippen LogP contribution in [0, 0.1) is 0 Å². The van der Waals surface area contributed by atoms with Crippen LogP contribution in [0.15, 0.2) is 90.0 Å². The number of hydrogen-bond acceptors (Lipinski definition) is 4. The van der Waals surface area contributed by atoms with E-state index in [-0.39, 0.29) is 6.03 Å². The van der Waals surface area contributed by atoms with Gasteiger partial charge in [-0.25, -0.2) is 4.79 Å². The van der Waals surface area contributed by atoms with Crippen LogP contribution >= 0.6 is 23.4 Å². The van der Waals surface area contributed by atoms with Crippen molar-refractivity contribution >= 4 is 35.1 Å². The Labute approximate surface area is 183 Å². The quantitative estimate of drug-likeness (QED) is 0.350. The maximum Gasteiger partial charge on any atom is 0.347 e. The standard InChI is InChI=1S/C23H18ClN3O2S/c1-30-22-15-21(26-27(22)23(28)25-18-11-9-17(24)10-12-18)16-7-13-20(14-8-16)29-19-5-3-2-4-6-19/h2-15H,1H3,(H,25,28). The van der Waals surface area contributed by atoms with E-state index in [1.165, 1.54) is 16.4 Å². The molecule has 0 aliphatic rings. The van der Waals surface area contributed by atoms with Crippen molar-refractivity contribution in [2.75, 3.05) is 11.6 Å². The first-order valence-corrected chi connectivity index (χ1v) is 10.8. The lowest BCUT2D eigenvalue weighted by atomic mass is 10.1. The minimum atomic E-state index is -0.336. The minimum Gasteiger partial charge on any atom is -0.457 e. The van der Waals surface area contributed by atoms with Gasteiger partial charge in [-0.05, 0) is 73.0 Å². The highest BCUT2D eigenvalue weighted by Crippen LogP contribution is 2.28. The van der Waals surface area contributed by atoms with Crippen LogP contribution in [0.3, 0.4) is 0 Å². The number of para-hydroxylation sites is 1. The molecule has 0 saturated heterocycles. The maximum absolute atomic E-state index is 12.7. The first kappa shape index (κ1) is 20.1. The first-order valence-electron chi connectivity index (χ1n) is 9.17. The molecule has 4 aromatic rings. The summed E-state index contributed by atoms with van der Waals surface area (Å²) >= 11 is 7.35. The Bertz CT molecular complexity index is 1140. The molecule has 1 N–H and O–H groups in total. The molecule has 0 saturated carbocycles. The van der Waals surface area contributed by atoms with E-state index in [1.54, 1.807) is 24.3 Å². The lowest BCUT2D eigenvalue weighted by Gasteiger charge is -2.07. The van der Waals surface area contributed by atoms with Gasteiger partial charge in [-0.1, -0.05) is 29.8 Å². The number of carbonyl (C=O) groups is 1. The fourth-order valence-electron chi connectivity index (χ4n) is 2.82. The van der Waals surface area contributed by atoms with Crippen LogP contribution in [0.25, 0.3) is 11.3 Å². The van der Waals surface area contributed by atoms with Crippen molar-refractivity contribution in [3.05, 3.63) is 90.0 Å². The second-order valence-corrected chi connectivity index (χ2v) is 7.62. The maximum atomic E-state index is 12.7. The molecule has 5 nitrogen and oxygen atoms in total. The molecule has 1 heterocycles. The van der Waals surface area contributed by atoms with E-state index in [4.69, 9.17) is 16.3 Å². The number of ether oxygens (including phenoxy) is 1. The van der Waals surface area contributed by atoms with Crippen LogP contribution in [0.5, 0.6) is 11.5 Å². The average Bonchev–Trinajstić information content (AvgIpc) is 3.21. The zero-order valence-electron chi connectivity index (χ0n) is 16.1. The second-order valence-electron chi connectivity index (χ2n) is 6.36. The van der Waals surface area contributed by atoms with Crippen LogP contribution in [0.2, 0.25) is 5.02 Å². The topological polar surface area (TPSA) is 56.2 Å². The number of nitrogens with zero attached hydrogens (tertiary/aromatic N) is 2. The van der Waals surface area contributed by atoms with E-state index in [2.05, 4.69) is 10.4 Å². The molecular formula is C23H18ClN3O2S. The van der Waals surface area contributed by atoms with Crippen molar-refractivity contribution in [2.45, 2.75) is 5.03 Å². The number of hydrogen-bond donors (Lipinski definition) is 1. The predicted molar refractivity (Wildman–Crippen MR) is 122 cm³/mol. The molecule has 7 heteroatoms. The smallest absolute Gasteiger partial charge is 0.347 e. The largest absolute Gasteiger partial charge is 0.457 e. The molecule has 150 valence electrons. The van der Waals surface area contributed by atoms with Gasteiger partial charge >= 0.3 is 6.03 Å². The van der Waals surface area contributed by atoms with Gasteiger partial charge in [0.05, 0.1) is 5.69 Å². The Morgan fingerprint density at radius 2 is 1.63 bits per heavy atom. The summed E-state index contributed by atoms with van der Waals surface area (Å²) in [6, 6.07) is 25.7. The molecule has 0 aliphatic carbocycles. The number of nitrogens with one attached hydrogen (secondary N) is 1. The average molecular weight is 436 g/mol. The third kappa shape index (κ3) is 4.67. The second kappa shape index (κ2) is 9.07. The van der Waals surface area contributed by atoms with Gasteiger partial charge in [0, 0.05) is 16.3 Å². The third-order valence-electron chi connectivity index (χ3n) is 4.30. The molecule has 3 aromatic carbocycles. The van der Waals surface area contributed by atoms with Gasteiger partial charge in [0.1, 0.15) is 16.5 Å². The first-order chi connectivity index (χ1) is 14.6. The number of thioether (sulfide) groups is 1. The fourth-order valence-corrected chi connectivity index (χ4v) is 3.48. The number of carbonyl (C=O) groups excluding carboxylic acids is 1. The highest BCUT2D eigenvalue weighted by Gasteiger charge is 2.15. The molecule has 0 spiro atoms. The summed E-state index contributed by atoms with van der Waals surface area (Å²) < 4.78 is 7.19. The summed E-state index contributed by atoms with van der Waals surface area (Å²) in [5.74, 6) is 1.51. The minimum absolute atomic E-state index is 0.336. The monoisotopic (exact) mass is 435 g/mol. The summed E-state index contributed by atoms with van der Waals surface area (Å²) in [4.78, 5) is 12.7. The Kier molecular flexibility index (Phi) is 6.07. The van der Waals surface area contributed by atoms with E-state index < -0.39 is 0 Å². The number of benzene rings is 3. The van der Waals surface area contributed by atoms with Crippen molar-refractivity contribution in [3.8, 4) is 22.8 Å². The molecule has 1 aromatic heterocycles. The van der Waals surface area contributed by atoms with Crippen molar-refractivity contribution < 1.29 is 9.53 Å². The molecule has 1 amide bonds. The highest BCUT2D eigenvalue weighted by atomic mass is 35.5. The van der Waals surface area contributed by atoms with E-state index in [0.29, 0.717) is 16.4 Å². The van der Waals surface area contributed by atoms with Crippen molar-refractivity contribution in [1.82, 2.24) is 9.78 Å². The SMILES string of the molecule is CSc1cc(-c2ccc(Oc3ccccc3)cc2)nn1C(=O)Nc1ccc(Cl)cc1. The van der Waals surface area contributed by atoms with Gasteiger partial charge in [-0.15, -0.1) is 11.8 Å². The number of halogens is 1. The Balaban J connectivity index is 1.53. The van der Waals surface area contributed by atoms with Crippen molar-refractivity contribution in [2.24, 2.45) is 0 Å². The molecule has 0 bridgehead atoms. The Morgan fingerprint density at radius 1 is 0.967 bits per heavy atom. The van der Waals surface area contributed by atoms with Gasteiger partial charge in [0.2, 0.25) is 0 Å². The van der Waals surface area contributed by atoms with E-state index >= 15 is 0 Å². The summed E-state index contributed by atoms with van der Waals surface area (Å²) in [5, 5.41) is 8.67.